The van der Waals surface area contributed by atoms with Gasteiger partial charge in [0.05, 0.1) is 0 Å². The number of carbonyl (C=O) groups is 1. The molecular formula is C13H29N3O2. The molecule has 5 nitrogen and oxygen atoms in total. The Kier molecular flexibility index (Phi) is 7.43. The van der Waals surface area contributed by atoms with E-state index in [1.54, 1.807) is 6.92 Å². The van der Waals surface area contributed by atoms with Crippen LogP contribution in [0, 0.1) is 0 Å². The Morgan fingerprint density at radius 2 is 1.94 bits per heavy atom. The molecule has 108 valence electrons. The molecule has 0 aliphatic rings. The highest BCUT2D eigenvalue weighted by molar-refractivity contribution is 5.78. The number of aliphatic carboxylic acids is 1. The molecule has 18 heavy (non-hydrogen) atoms. The number of hydrogen-bond donors (Lipinski definition) is 2. The minimum absolute atomic E-state index is 0.335. The Hall–Kier alpha value is -0.650. The van der Waals surface area contributed by atoms with Gasteiger partial charge in [-0.15, -0.1) is 0 Å². The largest absolute Gasteiger partial charge is 0.480 e. The van der Waals surface area contributed by atoms with Crippen LogP contribution in [0.3, 0.4) is 0 Å². The van der Waals surface area contributed by atoms with Crippen LogP contribution in [-0.4, -0.2) is 72.7 Å². The lowest BCUT2D eigenvalue weighted by atomic mass is 10.0. The Labute approximate surface area is 111 Å². The molecule has 2 atom stereocenters. The maximum Gasteiger partial charge on any atom is 0.324 e. The second-order valence-corrected chi connectivity index (χ2v) is 5.34. The molecule has 0 saturated heterocycles. The smallest absolute Gasteiger partial charge is 0.324 e. The number of rotatable bonds is 9. The van der Waals surface area contributed by atoms with Gasteiger partial charge in [-0.2, -0.15) is 0 Å². The SMILES string of the molecule is CCNC(C)(CN(CC)C(C)CN(C)C)C(=O)O. The van der Waals surface area contributed by atoms with Gasteiger partial charge in [-0.05, 0) is 41.0 Å². The standard InChI is InChI=1S/C13H29N3O2/c1-7-14-13(4,12(17)18)10-16(8-2)11(3)9-15(5)6/h11,14H,7-10H2,1-6H3,(H,17,18). The zero-order chi connectivity index (χ0) is 14.3. The average Bonchev–Trinajstić information content (AvgIpc) is 2.25. The van der Waals surface area contributed by atoms with E-state index in [1.165, 1.54) is 0 Å². The number of carboxylic acids is 1. The second kappa shape index (κ2) is 7.71. The van der Waals surface area contributed by atoms with E-state index in [4.69, 9.17) is 0 Å². The van der Waals surface area contributed by atoms with E-state index in [1.807, 2.05) is 21.0 Å². The summed E-state index contributed by atoms with van der Waals surface area (Å²) in [5.41, 5.74) is -0.884. The molecule has 0 aliphatic carbocycles. The first-order valence-electron chi connectivity index (χ1n) is 6.64. The number of likely N-dealkylation sites (N-methyl/N-ethyl adjacent to an activating group) is 3. The molecule has 0 spiro atoms. The van der Waals surface area contributed by atoms with Crippen LogP contribution in [0.4, 0.5) is 0 Å². The molecule has 2 unspecified atom stereocenters. The maximum absolute atomic E-state index is 11.4. The highest BCUT2D eigenvalue weighted by Gasteiger charge is 2.35. The molecule has 2 N–H and O–H groups in total. The summed E-state index contributed by atoms with van der Waals surface area (Å²) in [6.45, 7) is 10.8. The predicted molar refractivity (Wildman–Crippen MR) is 75.0 cm³/mol. The lowest BCUT2D eigenvalue weighted by molar-refractivity contribution is -0.145. The zero-order valence-electron chi connectivity index (χ0n) is 12.7. The van der Waals surface area contributed by atoms with Gasteiger partial charge in [0.25, 0.3) is 0 Å². The van der Waals surface area contributed by atoms with E-state index in [-0.39, 0.29) is 0 Å². The molecule has 0 rings (SSSR count). The van der Waals surface area contributed by atoms with Crippen LogP contribution >= 0.6 is 0 Å². The summed E-state index contributed by atoms with van der Waals surface area (Å²) in [7, 11) is 4.07. The average molecular weight is 259 g/mol. The number of nitrogens with zero attached hydrogens (tertiary/aromatic N) is 2. The van der Waals surface area contributed by atoms with E-state index in [2.05, 4.69) is 29.0 Å². The van der Waals surface area contributed by atoms with Crippen molar-refractivity contribution in [3.8, 4) is 0 Å². The maximum atomic E-state index is 11.4. The predicted octanol–water partition coefficient (Wildman–Crippen LogP) is 0.711. The van der Waals surface area contributed by atoms with Gasteiger partial charge in [0.1, 0.15) is 5.54 Å². The van der Waals surface area contributed by atoms with Gasteiger partial charge < -0.3 is 15.3 Å². The summed E-state index contributed by atoms with van der Waals surface area (Å²) in [6.07, 6.45) is 0. The molecule has 0 bridgehead atoms. The second-order valence-electron chi connectivity index (χ2n) is 5.34. The molecule has 0 aromatic heterocycles. The lowest BCUT2D eigenvalue weighted by Gasteiger charge is -2.36. The monoisotopic (exact) mass is 259 g/mol. The Morgan fingerprint density at radius 3 is 2.28 bits per heavy atom. The minimum atomic E-state index is -0.884. The molecule has 5 heteroatoms. The molecule has 0 aliphatic heterocycles. The van der Waals surface area contributed by atoms with Crippen LogP contribution in [0.2, 0.25) is 0 Å². The third-order valence-electron chi connectivity index (χ3n) is 3.22. The zero-order valence-corrected chi connectivity index (χ0v) is 12.7. The molecule has 0 aromatic carbocycles. The number of hydrogen-bond acceptors (Lipinski definition) is 4. The van der Waals surface area contributed by atoms with Crippen LogP contribution in [0.25, 0.3) is 0 Å². The van der Waals surface area contributed by atoms with E-state index in [0.29, 0.717) is 19.1 Å². The summed E-state index contributed by atoms with van der Waals surface area (Å²) in [4.78, 5) is 15.7. The van der Waals surface area contributed by atoms with Gasteiger partial charge in [0, 0.05) is 19.1 Å². The molecule has 0 saturated carbocycles. The van der Waals surface area contributed by atoms with Crippen molar-refractivity contribution in [2.75, 3.05) is 40.3 Å². The van der Waals surface area contributed by atoms with E-state index >= 15 is 0 Å². The fourth-order valence-electron chi connectivity index (χ4n) is 2.22. The number of nitrogens with one attached hydrogen (secondary N) is 1. The fraction of sp³-hybridized carbons (Fsp3) is 0.923. The lowest BCUT2D eigenvalue weighted by Crippen LogP contribution is -2.59. The van der Waals surface area contributed by atoms with E-state index in [9.17, 15) is 9.90 Å². The first-order chi connectivity index (χ1) is 8.26. The van der Waals surface area contributed by atoms with Gasteiger partial charge in [0.15, 0.2) is 0 Å². The Morgan fingerprint density at radius 1 is 1.39 bits per heavy atom. The summed E-state index contributed by atoms with van der Waals surface area (Å²) in [6, 6.07) is 0.335. The van der Waals surface area contributed by atoms with Gasteiger partial charge in [-0.1, -0.05) is 13.8 Å². The molecular weight excluding hydrogens is 230 g/mol. The first-order valence-corrected chi connectivity index (χ1v) is 6.64. The van der Waals surface area contributed by atoms with E-state index in [0.717, 1.165) is 13.1 Å². The van der Waals surface area contributed by atoms with Crippen molar-refractivity contribution in [2.24, 2.45) is 0 Å². The third kappa shape index (κ3) is 5.33. The summed E-state index contributed by atoms with van der Waals surface area (Å²) < 4.78 is 0. The Bertz CT molecular complexity index is 259. The van der Waals surface area contributed by atoms with Crippen LogP contribution in [0.1, 0.15) is 27.7 Å². The van der Waals surface area contributed by atoms with Gasteiger partial charge in [-0.25, -0.2) is 0 Å². The van der Waals surface area contributed by atoms with Crippen LogP contribution in [-0.2, 0) is 4.79 Å². The van der Waals surface area contributed by atoms with Crippen molar-refractivity contribution in [3.05, 3.63) is 0 Å². The molecule has 0 radical (unpaired) electrons. The van der Waals surface area contributed by atoms with Gasteiger partial charge in [0.2, 0.25) is 0 Å². The van der Waals surface area contributed by atoms with Gasteiger partial charge >= 0.3 is 5.97 Å². The molecule has 0 fully saturated rings. The summed E-state index contributed by atoms with van der Waals surface area (Å²) in [5, 5.41) is 12.4. The van der Waals surface area contributed by atoms with Crippen LogP contribution < -0.4 is 5.32 Å². The molecule has 0 aromatic rings. The van der Waals surface area contributed by atoms with Crippen molar-refractivity contribution in [3.63, 3.8) is 0 Å². The highest BCUT2D eigenvalue weighted by Crippen LogP contribution is 2.11. The highest BCUT2D eigenvalue weighted by atomic mass is 16.4. The minimum Gasteiger partial charge on any atom is -0.480 e. The van der Waals surface area contributed by atoms with Crippen molar-refractivity contribution < 1.29 is 9.90 Å². The van der Waals surface area contributed by atoms with Gasteiger partial charge in [-0.3, -0.25) is 9.69 Å². The van der Waals surface area contributed by atoms with Crippen molar-refractivity contribution >= 4 is 5.97 Å². The van der Waals surface area contributed by atoms with Crippen molar-refractivity contribution in [1.29, 1.82) is 0 Å². The number of carboxylic acid groups (broad SMARTS) is 1. The molecule has 0 heterocycles. The van der Waals surface area contributed by atoms with Crippen molar-refractivity contribution in [2.45, 2.75) is 39.3 Å². The third-order valence-corrected chi connectivity index (χ3v) is 3.22. The first kappa shape index (κ1) is 17.4. The summed E-state index contributed by atoms with van der Waals surface area (Å²) >= 11 is 0. The quantitative estimate of drug-likeness (QED) is 0.639. The van der Waals surface area contributed by atoms with Crippen LogP contribution in [0.15, 0.2) is 0 Å². The fourth-order valence-corrected chi connectivity index (χ4v) is 2.22. The van der Waals surface area contributed by atoms with E-state index < -0.39 is 11.5 Å². The van der Waals surface area contributed by atoms with Crippen LogP contribution in [0.5, 0.6) is 0 Å². The normalized spacial score (nSPS) is 16.9. The summed E-state index contributed by atoms with van der Waals surface area (Å²) in [5.74, 6) is -0.792. The Balaban J connectivity index is 4.71. The van der Waals surface area contributed by atoms with Crippen molar-refractivity contribution in [1.82, 2.24) is 15.1 Å². The topological polar surface area (TPSA) is 55.8 Å². The molecule has 0 amide bonds.